The number of esters is 1. The van der Waals surface area contributed by atoms with Crippen molar-refractivity contribution >= 4 is 12.0 Å². The average molecular weight is 401 g/mol. The van der Waals surface area contributed by atoms with Crippen LogP contribution in [0.2, 0.25) is 0 Å². The first-order valence-corrected chi connectivity index (χ1v) is 10.3. The number of aliphatic hydroxyl groups excluding tert-OH is 1. The summed E-state index contributed by atoms with van der Waals surface area (Å²) in [5.41, 5.74) is -1.29. The van der Waals surface area contributed by atoms with Crippen LogP contribution < -0.4 is 0 Å². The van der Waals surface area contributed by atoms with Gasteiger partial charge in [-0.05, 0) is 43.7 Å². The van der Waals surface area contributed by atoms with Crippen molar-refractivity contribution in [1.29, 1.82) is 0 Å². The predicted octanol–water partition coefficient (Wildman–Crippen LogP) is 4.62. The third-order valence-corrected chi connectivity index (χ3v) is 7.06. The summed E-state index contributed by atoms with van der Waals surface area (Å²) in [6, 6.07) is 9.58. The zero-order valence-electron chi connectivity index (χ0n) is 17.7. The van der Waals surface area contributed by atoms with Crippen LogP contribution >= 0.6 is 0 Å². The summed E-state index contributed by atoms with van der Waals surface area (Å²) in [5, 5.41) is 20.4. The molecule has 1 aromatic carbocycles. The van der Waals surface area contributed by atoms with Gasteiger partial charge in [-0.1, -0.05) is 63.3 Å². The van der Waals surface area contributed by atoms with E-state index in [0.717, 1.165) is 5.56 Å². The molecule has 158 valence electrons. The fourth-order valence-corrected chi connectivity index (χ4v) is 4.89. The Bertz CT molecular complexity index is 786. The molecule has 0 aliphatic heterocycles. The number of benzene rings is 1. The first kappa shape index (κ1) is 21.8. The standard InChI is InChI=1S/C24H32O5/c1-17(2)24(29-27)15-14-22(3)19(16-24)23(4,13-12-20(22)25)28-21(26)11-10-18-8-6-5-7-9-18/h5-11,14-15,17,19-20,25,27H,12-13,16H2,1-4H3/t19-,20-,22-,23+,24+/m1/s1. The van der Waals surface area contributed by atoms with E-state index in [4.69, 9.17) is 9.62 Å². The number of hydrogen-bond donors (Lipinski definition) is 2. The van der Waals surface area contributed by atoms with Crippen molar-refractivity contribution in [2.24, 2.45) is 17.3 Å². The van der Waals surface area contributed by atoms with Crippen LogP contribution in [0.3, 0.4) is 0 Å². The van der Waals surface area contributed by atoms with Gasteiger partial charge in [0.05, 0.1) is 6.10 Å². The molecule has 2 aliphatic rings. The molecule has 29 heavy (non-hydrogen) atoms. The topological polar surface area (TPSA) is 76.0 Å². The maximum absolute atomic E-state index is 12.6. The van der Waals surface area contributed by atoms with Crippen LogP contribution in [-0.2, 0) is 14.4 Å². The molecule has 0 spiro atoms. The van der Waals surface area contributed by atoms with E-state index in [0.29, 0.717) is 19.3 Å². The Labute approximate surface area is 173 Å². The van der Waals surface area contributed by atoms with Crippen molar-refractivity contribution < 1.29 is 24.8 Å². The van der Waals surface area contributed by atoms with Crippen molar-refractivity contribution in [2.75, 3.05) is 0 Å². The molecule has 2 aliphatic carbocycles. The maximum atomic E-state index is 12.6. The van der Waals surface area contributed by atoms with E-state index >= 15 is 0 Å². The minimum atomic E-state index is -0.866. The predicted molar refractivity (Wildman–Crippen MR) is 112 cm³/mol. The Morgan fingerprint density at radius 2 is 1.90 bits per heavy atom. The zero-order chi connectivity index (χ0) is 21.3. The lowest BCUT2D eigenvalue weighted by Crippen LogP contribution is -2.60. The lowest BCUT2D eigenvalue weighted by atomic mass is 9.53. The van der Waals surface area contributed by atoms with Gasteiger partial charge in [-0.2, -0.15) is 0 Å². The first-order valence-electron chi connectivity index (χ1n) is 10.3. The number of carbonyl (C=O) groups excluding carboxylic acids is 1. The molecule has 2 N–H and O–H groups in total. The molecule has 0 aromatic heterocycles. The van der Waals surface area contributed by atoms with Crippen LogP contribution in [0, 0.1) is 17.3 Å². The smallest absolute Gasteiger partial charge is 0.331 e. The van der Waals surface area contributed by atoms with Crippen molar-refractivity contribution in [3.63, 3.8) is 0 Å². The molecule has 0 bridgehead atoms. The number of carbonyl (C=O) groups is 1. The normalized spacial score (nSPS) is 36.9. The van der Waals surface area contributed by atoms with Crippen LogP contribution in [0.4, 0.5) is 0 Å². The fraction of sp³-hybridized carbons (Fsp3) is 0.542. The molecule has 1 fully saturated rings. The minimum Gasteiger partial charge on any atom is -0.456 e. The molecule has 3 rings (SSSR count). The molecule has 5 nitrogen and oxygen atoms in total. The van der Waals surface area contributed by atoms with E-state index in [9.17, 15) is 15.2 Å². The molecule has 0 radical (unpaired) electrons. The zero-order valence-corrected chi connectivity index (χ0v) is 17.7. The molecular formula is C24H32O5. The average Bonchev–Trinajstić information content (AvgIpc) is 2.70. The number of fused-ring (bicyclic) bond motifs is 1. The molecule has 1 saturated carbocycles. The van der Waals surface area contributed by atoms with Gasteiger partial charge in [0.25, 0.3) is 0 Å². The molecule has 0 heterocycles. The summed E-state index contributed by atoms with van der Waals surface area (Å²) in [6.07, 6.45) is 7.98. The van der Waals surface area contributed by atoms with E-state index in [2.05, 4.69) is 0 Å². The molecule has 0 unspecified atom stereocenters. The third-order valence-electron chi connectivity index (χ3n) is 7.06. The van der Waals surface area contributed by atoms with E-state index < -0.39 is 28.7 Å². The van der Waals surface area contributed by atoms with Gasteiger partial charge in [0.15, 0.2) is 0 Å². The largest absolute Gasteiger partial charge is 0.456 e. The quantitative estimate of drug-likeness (QED) is 0.248. The Balaban J connectivity index is 1.87. The highest BCUT2D eigenvalue weighted by Gasteiger charge is 2.59. The first-order chi connectivity index (χ1) is 13.7. The monoisotopic (exact) mass is 400 g/mol. The fourth-order valence-electron chi connectivity index (χ4n) is 4.89. The summed E-state index contributed by atoms with van der Waals surface area (Å²) in [4.78, 5) is 17.6. The van der Waals surface area contributed by atoms with Crippen LogP contribution in [0.5, 0.6) is 0 Å². The van der Waals surface area contributed by atoms with Crippen LogP contribution in [-0.4, -0.2) is 33.6 Å². The highest BCUT2D eigenvalue weighted by atomic mass is 17.1. The van der Waals surface area contributed by atoms with Crippen molar-refractivity contribution in [3.05, 3.63) is 54.1 Å². The van der Waals surface area contributed by atoms with Gasteiger partial charge in [0, 0.05) is 17.4 Å². The van der Waals surface area contributed by atoms with Gasteiger partial charge in [-0.3, -0.25) is 5.26 Å². The second-order valence-corrected chi connectivity index (χ2v) is 9.19. The number of hydrogen-bond acceptors (Lipinski definition) is 5. The maximum Gasteiger partial charge on any atom is 0.331 e. The molecule has 0 saturated heterocycles. The molecular weight excluding hydrogens is 368 g/mol. The highest BCUT2D eigenvalue weighted by Crippen LogP contribution is 2.56. The van der Waals surface area contributed by atoms with Crippen molar-refractivity contribution in [3.8, 4) is 0 Å². The summed E-state index contributed by atoms with van der Waals surface area (Å²) in [5.74, 6) is -0.595. The number of aliphatic hydroxyl groups is 1. The van der Waals surface area contributed by atoms with E-state index in [1.54, 1.807) is 6.08 Å². The highest BCUT2D eigenvalue weighted by molar-refractivity contribution is 5.87. The van der Waals surface area contributed by atoms with Crippen LogP contribution in [0.15, 0.2) is 48.6 Å². The van der Waals surface area contributed by atoms with Gasteiger partial charge >= 0.3 is 5.97 Å². The van der Waals surface area contributed by atoms with E-state index in [1.165, 1.54) is 6.08 Å². The van der Waals surface area contributed by atoms with Gasteiger partial charge in [-0.25, -0.2) is 9.68 Å². The Kier molecular flexibility index (Phi) is 6.04. The summed E-state index contributed by atoms with van der Waals surface area (Å²) < 4.78 is 5.99. The van der Waals surface area contributed by atoms with Gasteiger partial charge < -0.3 is 9.84 Å². The molecule has 0 amide bonds. The summed E-state index contributed by atoms with van der Waals surface area (Å²) in [7, 11) is 0. The second kappa shape index (κ2) is 8.05. The summed E-state index contributed by atoms with van der Waals surface area (Å²) in [6.45, 7) is 7.88. The molecule has 5 atom stereocenters. The SMILES string of the molecule is CC(C)[C@]1(OO)C=C[C@@]2(C)[C@H](O)CC[C@](C)(OC(=O)C=Cc3ccccc3)[C@@H]2C1. The lowest BCUT2D eigenvalue weighted by Gasteiger charge is -2.57. The number of ether oxygens (including phenoxy) is 1. The van der Waals surface area contributed by atoms with Crippen LogP contribution in [0.25, 0.3) is 6.08 Å². The Hall–Kier alpha value is -1.95. The Morgan fingerprint density at radius 1 is 1.21 bits per heavy atom. The molecule has 1 aromatic rings. The van der Waals surface area contributed by atoms with Gasteiger partial charge in [0.2, 0.25) is 0 Å². The van der Waals surface area contributed by atoms with Gasteiger partial charge in [-0.15, -0.1) is 0 Å². The Morgan fingerprint density at radius 3 is 2.52 bits per heavy atom. The third kappa shape index (κ3) is 4.04. The van der Waals surface area contributed by atoms with Crippen molar-refractivity contribution in [1.82, 2.24) is 0 Å². The lowest BCUT2D eigenvalue weighted by molar-refractivity contribution is -0.332. The van der Waals surface area contributed by atoms with E-state index in [-0.39, 0.29) is 11.8 Å². The minimum absolute atomic E-state index is 0.0188. The van der Waals surface area contributed by atoms with E-state index in [1.807, 2.05) is 70.2 Å². The molecule has 5 heteroatoms. The van der Waals surface area contributed by atoms with Gasteiger partial charge in [0.1, 0.15) is 11.2 Å². The van der Waals surface area contributed by atoms with Crippen LogP contribution in [0.1, 0.15) is 52.5 Å². The number of rotatable bonds is 5. The van der Waals surface area contributed by atoms with Crippen molar-refractivity contribution in [2.45, 2.75) is 64.3 Å². The second-order valence-electron chi connectivity index (χ2n) is 9.19. The summed E-state index contributed by atoms with van der Waals surface area (Å²) >= 11 is 0.